The number of halogens is 2. The van der Waals surface area contributed by atoms with E-state index >= 15 is 0 Å². The Balaban J connectivity index is 0.00000110. The maximum absolute atomic E-state index is 12.1. The van der Waals surface area contributed by atoms with Gasteiger partial charge in [-0.3, -0.25) is 9.69 Å². The molecule has 3 rings (SSSR count). The third-order valence-corrected chi connectivity index (χ3v) is 4.73. The van der Waals surface area contributed by atoms with Gasteiger partial charge < -0.3 is 15.4 Å². The lowest BCUT2D eigenvalue weighted by Crippen LogP contribution is -2.54. The maximum atomic E-state index is 12.1. The van der Waals surface area contributed by atoms with Crippen LogP contribution in [0.4, 0.5) is 0 Å². The Labute approximate surface area is 139 Å². The summed E-state index contributed by atoms with van der Waals surface area (Å²) in [7, 11) is 0. The van der Waals surface area contributed by atoms with Crippen LogP contribution in [0.5, 0.6) is 0 Å². The van der Waals surface area contributed by atoms with Gasteiger partial charge in [0.25, 0.3) is 0 Å². The molecule has 2 aliphatic heterocycles. The molecule has 0 unspecified atom stereocenters. The van der Waals surface area contributed by atoms with Gasteiger partial charge in [0.05, 0.1) is 5.54 Å². The van der Waals surface area contributed by atoms with E-state index in [0.29, 0.717) is 0 Å². The van der Waals surface area contributed by atoms with Crippen molar-refractivity contribution in [1.82, 2.24) is 9.80 Å². The number of nitrogens with zero attached hydrogens (tertiary/aromatic N) is 2. The van der Waals surface area contributed by atoms with Crippen LogP contribution in [0.1, 0.15) is 25.7 Å². The summed E-state index contributed by atoms with van der Waals surface area (Å²) in [6.45, 7) is 6.69. The Kier molecular flexibility index (Phi) is 7.20. The zero-order chi connectivity index (χ0) is 13.3. The lowest BCUT2D eigenvalue weighted by atomic mass is 9.99. The molecule has 0 bridgehead atoms. The Morgan fingerprint density at radius 2 is 1.67 bits per heavy atom. The molecular weight excluding hydrogens is 313 g/mol. The van der Waals surface area contributed by atoms with Crippen molar-refractivity contribution in [3.63, 3.8) is 0 Å². The molecule has 3 aliphatic rings. The van der Waals surface area contributed by atoms with Crippen LogP contribution in [0, 0.1) is 5.92 Å². The summed E-state index contributed by atoms with van der Waals surface area (Å²) < 4.78 is 5.40. The van der Waals surface area contributed by atoms with E-state index in [1.807, 2.05) is 4.90 Å². The second-order valence-corrected chi connectivity index (χ2v) is 6.30. The van der Waals surface area contributed by atoms with E-state index in [0.717, 1.165) is 58.2 Å². The fourth-order valence-electron chi connectivity index (χ4n) is 3.09. The van der Waals surface area contributed by atoms with Crippen LogP contribution in [-0.4, -0.2) is 67.2 Å². The van der Waals surface area contributed by atoms with Gasteiger partial charge in [0.1, 0.15) is 0 Å². The molecule has 0 atom stereocenters. The van der Waals surface area contributed by atoms with Crippen molar-refractivity contribution in [3.8, 4) is 0 Å². The second kappa shape index (κ2) is 7.97. The number of carbonyl (C=O) groups is 1. The molecule has 7 heteroatoms. The number of piperazine rings is 1. The summed E-state index contributed by atoms with van der Waals surface area (Å²) in [6.07, 6.45) is 4.11. The zero-order valence-corrected chi connectivity index (χ0v) is 14.1. The molecule has 0 aromatic carbocycles. The summed E-state index contributed by atoms with van der Waals surface area (Å²) >= 11 is 0. The standard InChI is InChI=1S/C14H25N3O2.2ClH/c15-14(3-4-14)13(18)17-7-5-16(6-8-17)11-12-1-9-19-10-2-12;;/h12H,1-11,15H2;2*1H. The Morgan fingerprint density at radius 3 is 2.19 bits per heavy atom. The van der Waals surface area contributed by atoms with Crippen LogP contribution in [0.15, 0.2) is 0 Å². The van der Waals surface area contributed by atoms with Crippen LogP contribution in [0.25, 0.3) is 0 Å². The van der Waals surface area contributed by atoms with Crippen LogP contribution in [-0.2, 0) is 9.53 Å². The number of hydrogen-bond acceptors (Lipinski definition) is 4. The number of nitrogens with two attached hydrogens (primary N) is 1. The third kappa shape index (κ3) is 4.70. The molecule has 3 fully saturated rings. The number of rotatable bonds is 3. The molecular formula is C14H27Cl2N3O2. The minimum absolute atomic E-state index is 0. The molecule has 0 radical (unpaired) electrons. The highest BCUT2D eigenvalue weighted by Crippen LogP contribution is 2.34. The quantitative estimate of drug-likeness (QED) is 0.829. The fraction of sp³-hybridized carbons (Fsp3) is 0.929. The first kappa shape index (κ1) is 19.0. The molecule has 0 aromatic rings. The molecule has 1 amide bonds. The lowest BCUT2D eigenvalue weighted by Gasteiger charge is -2.38. The van der Waals surface area contributed by atoms with Crippen molar-refractivity contribution >= 4 is 30.7 Å². The average molecular weight is 340 g/mol. The molecule has 5 nitrogen and oxygen atoms in total. The second-order valence-electron chi connectivity index (χ2n) is 6.30. The Hall–Kier alpha value is -0.0700. The van der Waals surface area contributed by atoms with Crippen molar-refractivity contribution in [1.29, 1.82) is 0 Å². The van der Waals surface area contributed by atoms with E-state index in [2.05, 4.69) is 4.90 Å². The highest BCUT2D eigenvalue weighted by atomic mass is 35.5. The molecule has 0 aromatic heterocycles. The summed E-state index contributed by atoms with van der Waals surface area (Å²) in [4.78, 5) is 16.6. The summed E-state index contributed by atoms with van der Waals surface area (Å²) in [5.74, 6) is 0.957. The minimum Gasteiger partial charge on any atom is -0.381 e. The van der Waals surface area contributed by atoms with Crippen LogP contribution in [0.3, 0.4) is 0 Å². The topological polar surface area (TPSA) is 58.8 Å². The number of ether oxygens (including phenoxy) is 1. The van der Waals surface area contributed by atoms with Gasteiger partial charge in [-0.2, -0.15) is 0 Å². The Morgan fingerprint density at radius 1 is 1.10 bits per heavy atom. The molecule has 2 heterocycles. The van der Waals surface area contributed by atoms with Gasteiger partial charge in [0, 0.05) is 45.9 Å². The van der Waals surface area contributed by atoms with Gasteiger partial charge in [-0.25, -0.2) is 0 Å². The fourth-order valence-corrected chi connectivity index (χ4v) is 3.09. The van der Waals surface area contributed by atoms with Crippen molar-refractivity contribution < 1.29 is 9.53 Å². The molecule has 21 heavy (non-hydrogen) atoms. The predicted octanol–water partition coefficient (Wildman–Crippen LogP) is 0.892. The molecule has 124 valence electrons. The molecule has 2 saturated heterocycles. The summed E-state index contributed by atoms with van der Waals surface area (Å²) in [5, 5.41) is 0. The van der Waals surface area contributed by atoms with Crippen molar-refractivity contribution in [2.45, 2.75) is 31.2 Å². The van der Waals surface area contributed by atoms with E-state index in [1.165, 1.54) is 19.4 Å². The average Bonchev–Trinajstić information content (AvgIpc) is 3.19. The van der Waals surface area contributed by atoms with Gasteiger partial charge in [-0.1, -0.05) is 0 Å². The van der Waals surface area contributed by atoms with Crippen molar-refractivity contribution in [3.05, 3.63) is 0 Å². The number of carbonyl (C=O) groups excluding carboxylic acids is 1. The van der Waals surface area contributed by atoms with E-state index in [1.54, 1.807) is 0 Å². The van der Waals surface area contributed by atoms with E-state index < -0.39 is 5.54 Å². The normalized spacial score (nSPS) is 25.7. The smallest absolute Gasteiger partial charge is 0.242 e. The highest BCUT2D eigenvalue weighted by Gasteiger charge is 2.48. The maximum Gasteiger partial charge on any atom is 0.242 e. The van der Waals surface area contributed by atoms with E-state index in [4.69, 9.17) is 10.5 Å². The van der Waals surface area contributed by atoms with Gasteiger partial charge in [0.15, 0.2) is 0 Å². The van der Waals surface area contributed by atoms with Gasteiger partial charge in [0.2, 0.25) is 5.91 Å². The lowest BCUT2D eigenvalue weighted by molar-refractivity contribution is -0.135. The predicted molar refractivity (Wildman–Crippen MR) is 87.2 cm³/mol. The van der Waals surface area contributed by atoms with E-state index in [-0.39, 0.29) is 30.7 Å². The van der Waals surface area contributed by atoms with Crippen LogP contribution in [0.2, 0.25) is 0 Å². The zero-order valence-electron chi connectivity index (χ0n) is 12.5. The number of hydrogen-bond donors (Lipinski definition) is 1. The van der Waals surface area contributed by atoms with Gasteiger partial charge >= 0.3 is 0 Å². The summed E-state index contributed by atoms with van der Waals surface area (Å²) in [5.41, 5.74) is 5.49. The minimum atomic E-state index is -0.497. The van der Waals surface area contributed by atoms with Crippen molar-refractivity contribution in [2.24, 2.45) is 11.7 Å². The third-order valence-electron chi connectivity index (χ3n) is 4.73. The first-order valence-corrected chi connectivity index (χ1v) is 7.56. The SMILES string of the molecule is Cl.Cl.NC1(C(=O)N2CCN(CC3CCOCC3)CC2)CC1. The van der Waals surface area contributed by atoms with Gasteiger partial charge in [-0.05, 0) is 31.6 Å². The van der Waals surface area contributed by atoms with Crippen LogP contribution < -0.4 is 5.73 Å². The first-order chi connectivity index (χ1) is 9.17. The first-order valence-electron chi connectivity index (χ1n) is 7.56. The summed E-state index contributed by atoms with van der Waals surface area (Å²) in [6, 6.07) is 0. The monoisotopic (exact) mass is 339 g/mol. The van der Waals surface area contributed by atoms with E-state index in [9.17, 15) is 4.79 Å². The number of amides is 1. The molecule has 1 aliphatic carbocycles. The molecule has 1 saturated carbocycles. The highest BCUT2D eigenvalue weighted by molar-refractivity contribution is 5.89. The van der Waals surface area contributed by atoms with Gasteiger partial charge in [-0.15, -0.1) is 24.8 Å². The van der Waals surface area contributed by atoms with Crippen molar-refractivity contribution in [2.75, 3.05) is 45.9 Å². The molecule has 2 N–H and O–H groups in total. The Bertz CT molecular complexity index is 339. The largest absolute Gasteiger partial charge is 0.381 e. The van der Waals surface area contributed by atoms with Crippen LogP contribution >= 0.6 is 24.8 Å². The molecule has 0 spiro atoms.